The van der Waals surface area contributed by atoms with Crippen molar-refractivity contribution in [2.24, 2.45) is 0 Å². The number of benzene rings is 1. The molecule has 114 valence electrons. The fourth-order valence-corrected chi connectivity index (χ4v) is 2.60. The summed E-state index contributed by atoms with van der Waals surface area (Å²) in [6, 6.07) is 4.77. The van der Waals surface area contributed by atoms with Crippen molar-refractivity contribution in [2.45, 2.75) is 32.7 Å². The van der Waals surface area contributed by atoms with Crippen LogP contribution in [0.4, 0.5) is 10.2 Å². The summed E-state index contributed by atoms with van der Waals surface area (Å²) in [4.78, 5) is 20.8. The molecule has 1 heterocycles. The summed E-state index contributed by atoms with van der Waals surface area (Å²) in [7, 11) is 0. The minimum Gasteiger partial charge on any atom is -0.367 e. The molecule has 1 aliphatic carbocycles. The number of halogens is 1. The number of rotatable bonds is 4. The molecule has 4 nitrogen and oxygen atoms in total. The maximum atomic E-state index is 13.3. The van der Waals surface area contributed by atoms with Gasteiger partial charge in [-0.05, 0) is 50.5 Å². The van der Waals surface area contributed by atoms with E-state index in [2.05, 4.69) is 27.9 Å². The number of carbonyl (C=O) groups excluding carboxylic acids is 1. The van der Waals surface area contributed by atoms with E-state index in [9.17, 15) is 9.18 Å². The van der Waals surface area contributed by atoms with Crippen LogP contribution in [0.5, 0.6) is 0 Å². The van der Waals surface area contributed by atoms with Crippen molar-refractivity contribution in [2.75, 3.05) is 5.32 Å². The molecule has 1 aromatic carbocycles. The molecule has 0 saturated heterocycles. The smallest absolute Gasteiger partial charge is 0.222 e. The quantitative estimate of drug-likeness (QED) is 0.847. The van der Waals surface area contributed by atoms with Gasteiger partial charge in [-0.2, -0.15) is 0 Å². The third kappa shape index (κ3) is 2.97. The van der Waals surface area contributed by atoms with E-state index >= 15 is 0 Å². The Balaban J connectivity index is 2.20. The highest BCUT2D eigenvalue weighted by atomic mass is 32.1. The van der Waals surface area contributed by atoms with Crippen LogP contribution in [0.1, 0.15) is 34.6 Å². The average molecular weight is 317 g/mol. The number of nitrogens with zero attached hydrogens (tertiary/aromatic N) is 2. The van der Waals surface area contributed by atoms with Gasteiger partial charge in [-0.15, -0.1) is 12.6 Å². The maximum Gasteiger partial charge on any atom is 0.222 e. The molecule has 1 saturated carbocycles. The molecule has 0 aliphatic heterocycles. The highest BCUT2D eigenvalue weighted by Crippen LogP contribution is 2.33. The number of nitrogens with one attached hydrogen (secondary N) is 1. The molecule has 22 heavy (non-hydrogen) atoms. The Hall–Kier alpha value is -1.95. The molecular weight excluding hydrogens is 301 g/mol. The number of anilines is 1. The van der Waals surface area contributed by atoms with Crippen molar-refractivity contribution < 1.29 is 9.18 Å². The van der Waals surface area contributed by atoms with Crippen molar-refractivity contribution in [3.8, 4) is 11.3 Å². The first kappa shape index (κ1) is 15.0. The van der Waals surface area contributed by atoms with Crippen LogP contribution in [0.3, 0.4) is 0 Å². The molecule has 1 aliphatic rings. The van der Waals surface area contributed by atoms with Gasteiger partial charge < -0.3 is 5.32 Å². The van der Waals surface area contributed by atoms with Crippen LogP contribution in [-0.4, -0.2) is 21.1 Å². The van der Waals surface area contributed by atoms with Crippen LogP contribution in [0.15, 0.2) is 18.2 Å². The third-order valence-electron chi connectivity index (χ3n) is 3.60. The van der Waals surface area contributed by atoms with Gasteiger partial charge in [-0.25, -0.2) is 14.4 Å². The van der Waals surface area contributed by atoms with E-state index in [0.29, 0.717) is 40.1 Å². The Kier molecular flexibility index (Phi) is 3.87. The Morgan fingerprint density at radius 2 is 2.05 bits per heavy atom. The lowest BCUT2D eigenvalue weighted by Crippen LogP contribution is -2.12. The van der Waals surface area contributed by atoms with E-state index in [4.69, 9.17) is 0 Å². The van der Waals surface area contributed by atoms with Crippen LogP contribution < -0.4 is 5.32 Å². The van der Waals surface area contributed by atoms with Crippen molar-refractivity contribution in [3.05, 3.63) is 41.0 Å². The molecule has 1 N–H and O–H groups in total. The zero-order valence-electron chi connectivity index (χ0n) is 12.4. The van der Waals surface area contributed by atoms with Crippen molar-refractivity contribution in [3.63, 3.8) is 0 Å². The standard InChI is InChI=1S/C16H16FN3OS/c1-8-7-10(17)3-6-12(8)14-13(16(21)22)15(19-9(2)18-14)20-11-4-5-11/h3,6-7,11H,4-5H2,1-2H3,(H,21,22)(H,18,19,20). The van der Waals surface area contributed by atoms with Crippen LogP contribution >= 0.6 is 12.6 Å². The molecular formula is C16H16FN3OS. The predicted molar refractivity (Wildman–Crippen MR) is 86.9 cm³/mol. The number of carbonyl (C=O) groups is 1. The van der Waals surface area contributed by atoms with Gasteiger partial charge in [0.25, 0.3) is 0 Å². The van der Waals surface area contributed by atoms with Gasteiger partial charge in [0.1, 0.15) is 17.5 Å². The third-order valence-corrected chi connectivity index (χ3v) is 3.82. The second-order valence-corrected chi connectivity index (χ2v) is 5.93. The Labute approximate surface area is 133 Å². The fourth-order valence-electron chi connectivity index (χ4n) is 2.39. The summed E-state index contributed by atoms with van der Waals surface area (Å²) in [5.41, 5.74) is 2.26. The second-order valence-electron chi connectivity index (χ2n) is 5.53. The van der Waals surface area contributed by atoms with E-state index in [1.54, 1.807) is 19.9 Å². The molecule has 1 fully saturated rings. The lowest BCUT2D eigenvalue weighted by atomic mass is 10.0. The average Bonchev–Trinajstić information content (AvgIpc) is 3.21. The minimum absolute atomic E-state index is 0.317. The van der Waals surface area contributed by atoms with Crippen LogP contribution in [0, 0.1) is 19.7 Å². The van der Waals surface area contributed by atoms with Gasteiger partial charge >= 0.3 is 0 Å². The summed E-state index contributed by atoms with van der Waals surface area (Å²) in [5.74, 6) is 0.746. The van der Waals surface area contributed by atoms with E-state index in [0.717, 1.165) is 12.8 Å². The van der Waals surface area contributed by atoms with Crippen LogP contribution in [0.2, 0.25) is 0 Å². The summed E-state index contributed by atoms with van der Waals surface area (Å²) in [5, 5.41) is 2.85. The Bertz CT molecular complexity index is 759. The fraction of sp³-hybridized carbons (Fsp3) is 0.312. The Morgan fingerprint density at radius 1 is 1.32 bits per heavy atom. The van der Waals surface area contributed by atoms with Crippen LogP contribution in [0.25, 0.3) is 11.3 Å². The molecule has 0 unspecified atom stereocenters. The van der Waals surface area contributed by atoms with Gasteiger partial charge in [-0.3, -0.25) is 4.79 Å². The first-order valence-electron chi connectivity index (χ1n) is 7.10. The SMILES string of the molecule is Cc1nc(NC2CC2)c(C(=O)S)c(-c2ccc(F)cc2C)n1. The van der Waals surface area contributed by atoms with Crippen molar-refractivity contribution in [1.29, 1.82) is 0 Å². The summed E-state index contributed by atoms with van der Waals surface area (Å²) >= 11 is 3.98. The van der Waals surface area contributed by atoms with Crippen molar-refractivity contribution in [1.82, 2.24) is 9.97 Å². The van der Waals surface area contributed by atoms with E-state index in [1.807, 2.05) is 0 Å². The summed E-state index contributed by atoms with van der Waals surface area (Å²) < 4.78 is 13.3. The molecule has 0 atom stereocenters. The highest BCUT2D eigenvalue weighted by Gasteiger charge is 2.26. The molecule has 0 spiro atoms. The molecule has 0 amide bonds. The topological polar surface area (TPSA) is 54.9 Å². The molecule has 6 heteroatoms. The van der Waals surface area contributed by atoms with Gasteiger partial charge in [0, 0.05) is 11.6 Å². The monoisotopic (exact) mass is 317 g/mol. The van der Waals surface area contributed by atoms with E-state index in [-0.39, 0.29) is 5.82 Å². The second kappa shape index (κ2) is 5.68. The zero-order valence-corrected chi connectivity index (χ0v) is 13.2. The molecule has 2 aromatic rings. The minimum atomic E-state index is -0.401. The predicted octanol–water partition coefficient (Wildman–Crippen LogP) is 3.54. The van der Waals surface area contributed by atoms with Gasteiger partial charge in [0.05, 0.1) is 11.3 Å². The number of aromatic nitrogens is 2. The van der Waals surface area contributed by atoms with Gasteiger partial charge in [0.15, 0.2) is 0 Å². The maximum absolute atomic E-state index is 13.3. The normalized spacial score (nSPS) is 14.0. The summed E-state index contributed by atoms with van der Waals surface area (Å²) in [6.07, 6.45) is 2.13. The van der Waals surface area contributed by atoms with Crippen LogP contribution in [-0.2, 0) is 0 Å². The first-order valence-corrected chi connectivity index (χ1v) is 7.55. The molecule has 0 bridgehead atoms. The number of aryl methyl sites for hydroxylation is 2. The number of hydrogen-bond donors (Lipinski definition) is 2. The van der Waals surface area contributed by atoms with Crippen molar-refractivity contribution >= 4 is 23.6 Å². The molecule has 0 radical (unpaired) electrons. The van der Waals surface area contributed by atoms with Gasteiger partial charge in [-0.1, -0.05) is 0 Å². The van der Waals surface area contributed by atoms with E-state index < -0.39 is 5.12 Å². The summed E-state index contributed by atoms with van der Waals surface area (Å²) in [6.45, 7) is 3.56. The Morgan fingerprint density at radius 3 is 2.64 bits per heavy atom. The zero-order chi connectivity index (χ0) is 15.9. The molecule has 1 aromatic heterocycles. The lowest BCUT2D eigenvalue weighted by Gasteiger charge is -2.14. The largest absolute Gasteiger partial charge is 0.367 e. The van der Waals surface area contributed by atoms with E-state index in [1.165, 1.54) is 12.1 Å². The first-order chi connectivity index (χ1) is 10.5. The lowest BCUT2D eigenvalue weighted by molar-refractivity contribution is 0.109. The number of hydrogen-bond acceptors (Lipinski definition) is 4. The van der Waals surface area contributed by atoms with Gasteiger partial charge in [0.2, 0.25) is 5.12 Å². The molecule has 3 rings (SSSR count). The highest BCUT2D eigenvalue weighted by molar-refractivity contribution is 7.97. The number of thiol groups is 1.